The second-order valence-corrected chi connectivity index (χ2v) is 6.33. The Labute approximate surface area is 121 Å². The molecule has 1 aromatic rings. The van der Waals surface area contributed by atoms with Crippen molar-refractivity contribution in [3.63, 3.8) is 0 Å². The zero-order chi connectivity index (χ0) is 14.5. The fraction of sp³-hybridized carbons (Fsp3) is 0.733. The summed E-state index contributed by atoms with van der Waals surface area (Å²) in [6.45, 7) is 10.7. The number of nitrogens with zero attached hydrogens (tertiary/aromatic N) is 5. The maximum absolute atomic E-state index is 4.43. The van der Waals surface area contributed by atoms with Crippen LogP contribution in [-0.4, -0.2) is 38.7 Å². The number of hydrogen-bond acceptors (Lipinski definition) is 3. The molecule has 1 aliphatic heterocycles. The minimum atomic E-state index is 0.488. The van der Waals surface area contributed by atoms with E-state index in [4.69, 9.17) is 0 Å². The average Bonchev–Trinajstić information content (AvgIpc) is 2.98. The van der Waals surface area contributed by atoms with Gasteiger partial charge in [0.25, 0.3) is 0 Å². The molecule has 0 fully saturated rings. The molecule has 1 atom stereocenters. The Kier molecular flexibility index (Phi) is 5.04. The molecule has 110 valence electrons. The lowest BCUT2D eigenvalue weighted by Crippen LogP contribution is -2.12. The number of aryl methyl sites for hydroxylation is 1. The third kappa shape index (κ3) is 4.25. The minimum Gasteiger partial charge on any atom is -0.252 e. The number of hydrogen-bond donors (Lipinski definition) is 0. The van der Waals surface area contributed by atoms with Crippen molar-refractivity contribution in [1.82, 2.24) is 15.0 Å². The van der Waals surface area contributed by atoms with Gasteiger partial charge in [-0.15, -0.1) is 5.10 Å². The molecule has 0 saturated carbocycles. The summed E-state index contributed by atoms with van der Waals surface area (Å²) in [4.78, 5) is 0. The van der Waals surface area contributed by atoms with Crippen LogP contribution in [0.3, 0.4) is 0 Å². The smallest absolute Gasteiger partial charge is 0.181 e. The molecular weight excluding hydrogens is 250 g/mol. The number of aromatic nitrogens is 3. The summed E-state index contributed by atoms with van der Waals surface area (Å²) in [7, 11) is 0. The van der Waals surface area contributed by atoms with Gasteiger partial charge in [-0.2, -0.15) is 0 Å². The SMILES string of the molecule is CC(C)Cn1cc(CCC[N+]2=CC(C(C)C)C=N2)nn1. The highest BCUT2D eigenvalue weighted by atomic mass is 15.4. The quantitative estimate of drug-likeness (QED) is 0.717. The molecule has 0 saturated heterocycles. The van der Waals surface area contributed by atoms with Crippen molar-refractivity contribution < 1.29 is 4.68 Å². The molecule has 0 N–H and O–H groups in total. The fourth-order valence-corrected chi connectivity index (χ4v) is 2.25. The summed E-state index contributed by atoms with van der Waals surface area (Å²) in [5.41, 5.74) is 1.08. The van der Waals surface area contributed by atoms with Crippen LogP contribution in [0, 0.1) is 17.8 Å². The van der Waals surface area contributed by atoms with Crippen molar-refractivity contribution >= 4 is 12.4 Å². The van der Waals surface area contributed by atoms with Crippen molar-refractivity contribution in [2.45, 2.75) is 47.1 Å². The minimum absolute atomic E-state index is 0.488. The lowest BCUT2D eigenvalue weighted by Gasteiger charge is -2.02. The number of rotatable bonds is 7. The van der Waals surface area contributed by atoms with Gasteiger partial charge in [0.1, 0.15) is 0 Å². The van der Waals surface area contributed by atoms with Gasteiger partial charge in [-0.3, -0.25) is 4.68 Å². The van der Waals surface area contributed by atoms with Gasteiger partial charge in [0.15, 0.2) is 12.8 Å². The van der Waals surface area contributed by atoms with E-state index in [2.05, 4.69) is 60.2 Å². The van der Waals surface area contributed by atoms with Crippen LogP contribution in [0.4, 0.5) is 0 Å². The number of hydrazone groups is 1. The van der Waals surface area contributed by atoms with Crippen molar-refractivity contribution in [2.75, 3.05) is 6.54 Å². The van der Waals surface area contributed by atoms with E-state index in [1.54, 1.807) is 0 Å². The van der Waals surface area contributed by atoms with E-state index in [1.165, 1.54) is 0 Å². The summed E-state index contributed by atoms with van der Waals surface area (Å²) in [6.07, 6.45) is 8.35. The molecule has 5 nitrogen and oxygen atoms in total. The first-order valence-electron chi connectivity index (χ1n) is 7.59. The Bertz CT molecular complexity index is 484. The Hall–Kier alpha value is -1.52. The molecule has 0 bridgehead atoms. The van der Waals surface area contributed by atoms with Crippen LogP contribution in [0.2, 0.25) is 0 Å². The van der Waals surface area contributed by atoms with Gasteiger partial charge in [-0.05, 0) is 23.4 Å². The van der Waals surface area contributed by atoms with Gasteiger partial charge >= 0.3 is 0 Å². The maximum atomic E-state index is 4.43. The topological polar surface area (TPSA) is 46.1 Å². The molecule has 5 heteroatoms. The monoisotopic (exact) mass is 276 g/mol. The highest BCUT2D eigenvalue weighted by Crippen LogP contribution is 2.10. The summed E-state index contributed by atoms with van der Waals surface area (Å²) >= 11 is 0. The molecule has 20 heavy (non-hydrogen) atoms. The highest BCUT2D eigenvalue weighted by Gasteiger charge is 2.20. The summed E-state index contributed by atoms with van der Waals surface area (Å²) in [6, 6.07) is 0. The van der Waals surface area contributed by atoms with Crippen LogP contribution in [-0.2, 0) is 13.0 Å². The third-order valence-electron chi connectivity index (χ3n) is 3.46. The van der Waals surface area contributed by atoms with Gasteiger partial charge in [0.2, 0.25) is 0 Å². The van der Waals surface area contributed by atoms with Crippen molar-refractivity contribution in [3.05, 3.63) is 11.9 Å². The van der Waals surface area contributed by atoms with Crippen molar-refractivity contribution in [1.29, 1.82) is 0 Å². The van der Waals surface area contributed by atoms with Crippen LogP contribution < -0.4 is 0 Å². The molecule has 1 unspecified atom stereocenters. The average molecular weight is 276 g/mol. The standard InChI is InChI=1S/C15H26N5/c1-12(2)9-20-11-15(17-18-20)6-5-7-19-10-14(8-16-19)13(3)4/h8,10-14H,5-7,9H2,1-4H3/q+1. The van der Waals surface area contributed by atoms with Crippen LogP contribution in [0.5, 0.6) is 0 Å². The third-order valence-corrected chi connectivity index (χ3v) is 3.46. The molecule has 2 heterocycles. The Morgan fingerprint density at radius 2 is 2.10 bits per heavy atom. The van der Waals surface area contributed by atoms with Crippen LogP contribution >= 0.6 is 0 Å². The lowest BCUT2D eigenvalue weighted by molar-refractivity contribution is -0.526. The van der Waals surface area contributed by atoms with Gasteiger partial charge in [0.05, 0.1) is 17.8 Å². The second kappa shape index (κ2) is 6.77. The Balaban J connectivity index is 1.75. The molecule has 2 rings (SSSR count). The normalized spacial score (nSPS) is 18.3. The van der Waals surface area contributed by atoms with E-state index < -0.39 is 0 Å². The van der Waals surface area contributed by atoms with E-state index in [0.717, 1.165) is 31.6 Å². The summed E-state index contributed by atoms with van der Waals surface area (Å²) in [5.74, 6) is 1.72. The molecule has 0 aliphatic carbocycles. The van der Waals surface area contributed by atoms with E-state index in [-0.39, 0.29) is 0 Å². The molecule has 0 radical (unpaired) electrons. The summed E-state index contributed by atoms with van der Waals surface area (Å²) in [5, 5.41) is 12.8. The van der Waals surface area contributed by atoms with Crippen LogP contribution in [0.1, 0.15) is 39.8 Å². The van der Waals surface area contributed by atoms with Crippen molar-refractivity contribution in [3.8, 4) is 0 Å². The predicted octanol–water partition coefficient (Wildman–Crippen LogP) is 2.22. The molecular formula is C15H26N5+. The first-order valence-corrected chi connectivity index (χ1v) is 7.59. The molecule has 1 aliphatic rings. The molecule has 1 aromatic heterocycles. The van der Waals surface area contributed by atoms with Gasteiger partial charge in [-0.1, -0.05) is 37.6 Å². The van der Waals surface area contributed by atoms with Crippen molar-refractivity contribution in [2.24, 2.45) is 22.9 Å². The van der Waals surface area contributed by atoms with Gasteiger partial charge < -0.3 is 0 Å². The molecule has 0 aromatic carbocycles. The largest absolute Gasteiger partial charge is 0.252 e. The van der Waals surface area contributed by atoms with Crippen LogP contribution in [0.15, 0.2) is 11.3 Å². The van der Waals surface area contributed by atoms with E-state index >= 15 is 0 Å². The fourth-order valence-electron chi connectivity index (χ4n) is 2.25. The zero-order valence-electron chi connectivity index (χ0n) is 13.0. The first kappa shape index (κ1) is 14.9. The van der Waals surface area contributed by atoms with E-state index in [0.29, 0.717) is 17.8 Å². The predicted molar refractivity (Wildman–Crippen MR) is 81.2 cm³/mol. The lowest BCUT2D eigenvalue weighted by atomic mass is 9.99. The molecule has 0 amide bonds. The second-order valence-electron chi connectivity index (χ2n) is 6.33. The van der Waals surface area contributed by atoms with Crippen LogP contribution in [0.25, 0.3) is 0 Å². The zero-order valence-corrected chi connectivity index (χ0v) is 13.0. The summed E-state index contributed by atoms with van der Waals surface area (Å²) < 4.78 is 4.00. The maximum Gasteiger partial charge on any atom is 0.181 e. The van der Waals surface area contributed by atoms with E-state index in [1.807, 2.05) is 10.9 Å². The molecule has 0 spiro atoms. The Morgan fingerprint density at radius 3 is 2.75 bits per heavy atom. The first-order chi connectivity index (χ1) is 9.54. The van der Waals surface area contributed by atoms with E-state index in [9.17, 15) is 0 Å². The highest BCUT2D eigenvalue weighted by molar-refractivity contribution is 5.83. The van der Waals surface area contributed by atoms with Gasteiger partial charge in [-0.25, -0.2) is 0 Å². The Morgan fingerprint density at radius 1 is 1.30 bits per heavy atom. The van der Waals surface area contributed by atoms with Gasteiger partial charge in [0, 0.05) is 19.2 Å².